The zero-order valence-corrected chi connectivity index (χ0v) is 14.0. The van der Waals surface area contributed by atoms with Gasteiger partial charge in [0.05, 0.1) is 14.2 Å². The molecule has 134 valence electrons. The summed E-state index contributed by atoms with van der Waals surface area (Å²) in [5.41, 5.74) is 0.962. The van der Waals surface area contributed by atoms with Crippen LogP contribution in [0.2, 0.25) is 0 Å². The number of nitrogens with one attached hydrogen (secondary N) is 1. The molecule has 5 nitrogen and oxygen atoms in total. The van der Waals surface area contributed by atoms with E-state index in [9.17, 15) is 13.6 Å². The molecule has 0 heterocycles. The van der Waals surface area contributed by atoms with Crippen LogP contribution in [-0.2, 0) is 11.2 Å². The summed E-state index contributed by atoms with van der Waals surface area (Å²) in [6.07, 6.45) is 0.580. The smallest absolute Gasteiger partial charge is 0.257 e. The Balaban J connectivity index is 1.78. The summed E-state index contributed by atoms with van der Waals surface area (Å²) in [5.74, 6) is -0.880. The molecule has 2 aromatic carbocycles. The maximum atomic E-state index is 13.4. The Morgan fingerprint density at radius 1 is 1.00 bits per heavy atom. The second-order valence-corrected chi connectivity index (χ2v) is 5.15. The van der Waals surface area contributed by atoms with E-state index in [1.165, 1.54) is 0 Å². The SMILES string of the molecule is COc1ccc(CCNC(=O)COc2ccc(F)cc2F)cc1OC. The number of halogens is 2. The minimum atomic E-state index is -0.849. The van der Waals surface area contributed by atoms with Crippen LogP contribution in [0.15, 0.2) is 36.4 Å². The molecular weight excluding hydrogens is 332 g/mol. The van der Waals surface area contributed by atoms with Gasteiger partial charge in [0.25, 0.3) is 5.91 Å². The van der Waals surface area contributed by atoms with E-state index in [0.717, 1.165) is 17.7 Å². The van der Waals surface area contributed by atoms with Crippen LogP contribution < -0.4 is 19.5 Å². The molecule has 1 N–H and O–H groups in total. The molecule has 1 amide bonds. The standard InChI is InChI=1S/C18H19F2NO4/c1-23-16-5-3-12(9-17(16)24-2)7-8-21-18(22)11-25-15-6-4-13(19)10-14(15)20/h3-6,9-10H,7-8,11H2,1-2H3,(H,21,22). The van der Waals surface area contributed by atoms with Crippen LogP contribution in [0.4, 0.5) is 8.78 Å². The van der Waals surface area contributed by atoms with Gasteiger partial charge in [0.15, 0.2) is 29.7 Å². The number of benzene rings is 2. The number of carbonyl (C=O) groups excluding carboxylic acids is 1. The van der Waals surface area contributed by atoms with Gasteiger partial charge in [-0.1, -0.05) is 6.07 Å². The zero-order chi connectivity index (χ0) is 18.2. The molecule has 0 radical (unpaired) electrons. The van der Waals surface area contributed by atoms with E-state index in [1.807, 2.05) is 12.1 Å². The predicted octanol–water partition coefficient (Wildman–Crippen LogP) is 2.72. The lowest BCUT2D eigenvalue weighted by Gasteiger charge is -2.10. The van der Waals surface area contributed by atoms with E-state index < -0.39 is 17.5 Å². The Bertz CT molecular complexity index is 737. The average molecular weight is 351 g/mol. The highest BCUT2D eigenvalue weighted by atomic mass is 19.1. The Hall–Kier alpha value is -2.83. The van der Waals surface area contributed by atoms with Crippen molar-refractivity contribution in [3.05, 3.63) is 53.6 Å². The molecule has 0 aromatic heterocycles. The lowest BCUT2D eigenvalue weighted by molar-refractivity contribution is -0.123. The van der Waals surface area contributed by atoms with Gasteiger partial charge in [0.2, 0.25) is 0 Å². The largest absolute Gasteiger partial charge is 0.493 e. The van der Waals surface area contributed by atoms with Crippen molar-refractivity contribution < 1.29 is 27.8 Å². The van der Waals surface area contributed by atoms with Crippen LogP contribution in [0.5, 0.6) is 17.2 Å². The van der Waals surface area contributed by atoms with E-state index in [-0.39, 0.29) is 12.4 Å². The summed E-state index contributed by atoms with van der Waals surface area (Å²) >= 11 is 0. The molecule has 2 rings (SSSR count). The monoisotopic (exact) mass is 351 g/mol. The van der Waals surface area contributed by atoms with Gasteiger partial charge < -0.3 is 19.5 Å². The number of carbonyl (C=O) groups is 1. The summed E-state index contributed by atoms with van der Waals surface area (Å²) in [7, 11) is 3.11. The third-order valence-corrected chi connectivity index (χ3v) is 3.44. The van der Waals surface area contributed by atoms with Crippen molar-refractivity contribution >= 4 is 5.91 Å². The third-order valence-electron chi connectivity index (χ3n) is 3.44. The van der Waals surface area contributed by atoms with Crippen LogP contribution in [0.1, 0.15) is 5.56 Å². The predicted molar refractivity (Wildman–Crippen MR) is 88.1 cm³/mol. The second-order valence-electron chi connectivity index (χ2n) is 5.15. The molecule has 0 bridgehead atoms. The highest BCUT2D eigenvalue weighted by molar-refractivity contribution is 5.77. The van der Waals surface area contributed by atoms with Gasteiger partial charge in [-0.05, 0) is 36.2 Å². The Morgan fingerprint density at radius 2 is 1.72 bits per heavy atom. The van der Waals surface area contributed by atoms with Gasteiger partial charge >= 0.3 is 0 Å². The highest BCUT2D eigenvalue weighted by Crippen LogP contribution is 2.27. The van der Waals surface area contributed by atoms with E-state index in [1.54, 1.807) is 20.3 Å². The van der Waals surface area contributed by atoms with Crippen molar-refractivity contribution in [1.82, 2.24) is 5.32 Å². The first-order valence-electron chi connectivity index (χ1n) is 7.59. The molecular formula is C18H19F2NO4. The number of amides is 1. The number of hydrogen-bond acceptors (Lipinski definition) is 4. The van der Waals surface area contributed by atoms with E-state index in [0.29, 0.717) is 30.5 Å². The second kappa shape index (κ2) is 8.86. The highest BCUT2D eigenvalue weighted by Gasteiger charge is 2.08. The summed E-state index contributed by atoms with van der Waals surface area (Å²) in [5, 5.41) is 2.67. The molecule has 0 aliphatic carbocycles. The van der Waals surface area contributed by atoms with E-state index in [2.05, 4.69) is 5.32 Å². The van der Waals surface area contributed by atoms with Crippen LogP contribution in [0.3, 0.4) is 0 Å². The fourth-order valence-electron chi connectivity index (χ4n) is 2.17. The van der Waals surface area contributed by atoms with Gasteiger partial charge in [0.1, 0.15) is 5.82 Å². The maximum Gasteiger partial charge on any atom is 0.257 e. The third kappa shape index (κ3) is 5.34. The fraction of sp³-hybridized carbons (Fsp3) is 0.278. The van der Waals surface area contributed by atoms with Crippen molar-refractivity contribution in [2.75, 3.05) is 27.4 Å². The number of hydrogen-bond donors (Lipinski definition) is 1. The van der Waals surface area contributed by atoms with Crippen molar-refractivity contribution in [2.24, 2.45) is 0 Å². The normalized spacial score (nSPS) is 10.2. The molecule has 0 saturated heterocycles. The molecule has 0 saturated carbocycles. The molecule has 25 heavy (non-hydrogen) atoms. The van der Waals surface area contributed by atoms with Gasteiger partial charge in [-0.2, -0.15) is 0 Å². The first kappa shape index (κ1) is 18.5. The van der Waals surface area contributed by atoms with E-state index >= 15 is 0 Å². The van der Waals surface area contributed by atoms with Crippen molar-refractivity contribution in [2.45, 2.75) is 6.42 Å². The molecule has 2 aromatic rings. The summed E-state index contributed by atoms with van der Waals surface area (Å²) in [6, 6.07) is 8.39. The zero-order valence-electron chi connectivity index (χ0n) is 14.0. The van der Waals surface area contributed by atoms with Gasteiger partial charge in [0, 0.05) is 12.6 Å². The molecule has 0 fully saturated rings. The van der Waals surface area contributed by atoms with Crippen LogP contribution in [-0.4, -0.2) is 33.3 Å². The molecule has 7 heteroatoms. The first-order valence-corrected chi connectivity index (χ1v) is 7.59. The lowest BCUT2D eigenvalue weighted by Crippen LogP contribution is -2.30. The van der Waals surface area contributed by atoms with Crippen LogP contribution >= 0.6 is 0 Å². The van der Waals surface area contributed by atoms with Crippen LogP contribution in [0, 0.1) is 11.6 Å². The Kier molecular flexibility index (Phi) is 6.56. The van der Waals surface area contributed by atoms with Crippen molar-refractivity contribution in [1.29, 1.82) is 0 Å². The van der Waals surface area contributed by atoms with Crippen molar-refractivity contribution in [3.63, 3.8) is 0 Å². The Morgan fingerprint density at radius 3 is 2.40 bits per heavy atom. The van der Waals surface area contributed by atoms with Gasteiger partial charge in [-0.15, -0.1) is 0 Å². The minimum Gasteiger partial charge on any atom is -0.493 e. The summed E-state index contributed by atoms with van der Waals surface area (Å²) in [6.45, 7) is 0.0259. The van der Waals surface area contributed by atoms with Crippen LogP contribution in [0.25, 0.3) is 0 Å². The van der Waals surface area contributed by atoms with Gasteiger partial charge in [-0.3, -0.25) is 4.79 Å². The van der Waals surface area contributed by atoms with Crippen molar-refractivity contribution in [3.8, 4) is 17.2 Å². The summed E-state index contributed by atoms with van der Waals surface area (Å²) < 4.78 is 41.6. The molecule has 0 aliphatic heterocycles. The molecule has 0 aliphatic rings. The van der Waals surface area contributed by atoms with Gasteiger partial charge in [-0.25, -0.2) is 8.78 Å². The van der Waals surface area contributed by atoms with E-state index in [4.69, 9.17) is 14.2 Å². The number of methoxy groups -OCH3 is 2. The topological polar surface area (TPSA) is 56.8 Å². The fourth-order valence-corrected chi connectivity index (χ4v) is 2.17. The quantitative estimate of drug-likeness (QED) is 0.795. The first-order chi connectivity index (χ1) is 12.0. The number of ether oxygens (including phenoxy) is 3. The lowest BCUT2D eigenvalue weighted by atomic mass is 10.1. The molecule has 0 spiro atoms. The molecule has 0 unspecified atom stereocenters. The molecule has 0 atom stereocenters. The average Bonchev–Trinajstić information content (AvgIpc) is 2.60. The number of rotatable bonds is 8. The Labute approximate surface area is 144 Å². The summed E-state index contributed by atoms with van der Waals surface area (Å²) in [4.78, 5) is 11.7. The maximum absolute atomic E-state index is 13.4. The minimum absolute atomic E-state index is 0.170.